The number of hydrogen-bond donors (Lipinski definition) is 0. The van der Waals surface area contributed by atoms with Crippen LogP contribution in [0.5, 0.6) is 5.75 Å². The van der Waals surface area contributed by atoms with Crippen molar-refractivity contribution in [3.63, 3.8) is 0 Å². The van der Waals surface area contributed by atoms with Crippen molar-refractivity contribution in [3.05, 3.63) is 59.7 Å². The summed E-state index contributed by atoms with van der Waals surface area (Å²) in [5, 5.41) is 2.57. The van der Waals surface area contributed by atoms with E-state index in [9.17, 15) is 0 Å². The number of halogens is 2. The standard InChI is InChI=1S/C21H23O.2ClH.Zr/c1-14-11-16-13-18(21(2,3)4)20(22-5)19(17(16)12-14)15-9-7-6-8-10-15;;;/h6-13H,1-5H3;2*1H;/q-1;;;+2/p-2. The Morgan fingerprint density at radius 2 is 1.64 bits per heavy atom. The van der Waals surface area contributed by atoms with Gasteiger partial charge in [0.2, 0.25) is 0 Å². The Bertz CT molecular complexity index is 832. The molecular weight excluding hydrogens is 430 g/mol. The molecule has 0 unspecified atom stereocenters. The third-order valence-electron chi connectivity index (χ3n) is 4.18. The van der Waals surface area contributed by atoms with E-state index in [2.05, 4.69) is 76.2 Å². The van der Waals surface area contributed by atoms with Crippen LogP contribution in [-0.4, -0.2) is 7.11 Å². The van der Waals surface area contributed by atoms with Crippen molar-refractivity contribution >= 4 is 27.8 Å². The number of aryl methyl sites for hydroxylation is 1. The maximum absolute atomic E-state index is 5.87. The minimum atomic E-state index is -0.826. The summed E-state index contributed by atoms with van der Waals surface area (Å²) in [5.41, 5.74) is 5.00. The van der Waals surface area contributed by atoms with E-state index in [1.54, 1.807) is 7.11 Å². The molecule has 0 amide bonds. The van der Waals surface area contributed by atoms with Gasteiger partial charge in [0.15, 0.2) is 0 Å². The molecule has 0 heterocycles. The average molecular weight is 454 g/mol. The predicted molar refractivity (Wildman–Crippen MR) is 107 cm³/mol. The van der Waals surface area contributed by atoms with E-state index in [-0.39, 0.29) is 5.41 Å². The zero-order valence-electron chi connectivity index (χ0n) is 15.3. The van der Waals surface area contributed by atoms with E-state index >= 15 is 0 Å². The Labute approximate surface area is 169 Å². The SMILES string of the molecule is COc1c(C(C)(C)C)cc2[cH-]c(C)cc2c1-c1ccccc1.[Cl][Zr][Cl]. The molecule has 3 aromatic rings. The molecule has 0 aliphatic carbocycles. The normalized spacial score (nSPS) is 11.0. The molecule has 0 aliphatic rings. The van der Waals surface area contributed by atoms with E-state index in [4.69, 9.17) is 21.8 Å². The van der Waals surface area contributed by atoms with Gasteiger partial charge in [-0.1, -0.05) is 58.0 Å². The van der Waals surface area contributed by atoms with Crippen molar-refractivity contribution in [1.82, 2.24) is 0 Å². The first kappa shape index (κ1) is 20.6. The molecule has 3 aromatic carbocycles. The quantitative estimate of drug-likeness (QED) is 0.372. The predicted octanol–water partition coefficient (Wildman–Crippen LogP) is 7.22. The average Bonchev–Trinajstić information content (AvgIpc) is 2.93. The second-order valence-corrected chi connectivity index (χ2v) is 10.8. The summed E-state index contributed by atoms with van der Waals surface area (Å²) in [7, 11) is 11.6. The zero-order chi connectivity index (χ0) is 18.6. The molecule has 25 heavy (non-hydrogen) atoms. The van der Waals surface area contributed by atoms with E-state index in [0.717, 1.165) is 5.75 Å². The fraction of sp³-hybridized carbons (Fsp3) is 0.286. The summed E-state index contributed by atoms with van der Waals surface area (Å²) in [6.45, 7) is 8.86. The molecular formula is C21H23Cl2OZr-. The van der Waals surface area contributed by atoms with E-state index in [1.807, 2.05) is 0 Å². The Morgan fingerprint density at radius 1 is 1.04 bits per heavy atom. The van der Waals surface area contributed by atoms with Gasteiger partial charge >= 0.3 is 37.9 Å². The number of rotatable bonds is 2. The second-order valence-electron chi connectivity index (χ2n) is 7.06. The summed E-state index contributed by atoms with van der Waals surface area (Å²) in [5.74, 6) is 0.997. The van der Waals surface area contributed by atoms with Gasteiger partial charge in [-0.3, -0.25) is 0 Å². The number of hydrogen-bond acceptors (Lipinski definition) is 1. The van der Waals surface area contributed by atoms with Gasteiger partial charge in [0, 0.05) is 0 Å². The second kappa shape index (κ2) is 8.80. The van der Waals surface area contributed by atoms with Gasteiger partial charge in [-0.15, -0.1) is 28.5 Å². The van der Waals surface area contributed by atoms with E-state index in [0.29, 0.717) is 0 Å². The molecule has 0 saturated carbocycles. The molecule has 0 N–H and O–H groups in total. The van der Waals surface area contributed by atoms with E-state index < -0.39 is 20.8 Å². The number of fused-ring (bicyclic) bond motifs is 1. The van der Waals surface area contributed by atoms with Crippen LogP contribution in [0, 0.1) is 6.92 Å². The number of methoxy groups -OCH3 is 1. The molecule has 4 heteroatoms. The summed E-state index contributed by atoms with van der Waals surface area (Å²) >= 11 is -0.826. The molecule has 1 nitrogen and oxygen atoms in total. The molecule has 0 aromatic heterocycles. The first-order valence-electron chi connectivity index (χ1n) is 8.13. The van der Waals surface area contributed by atoms with Crippen LogP contribution in [-0.2, 0) is 26.3 Å². The van der Waals surface area contributed by atoms with Crippen LogP contribution in [0.4, 0.5) is 0 Å². The fourth-order valence-corrected chi connectivity index (χ4v) is 3.15. The first-order valence-corrected chi connectivity index (χ1v) is 14.5. The van der Waals surface area contributed by atoms with Gasteiger partial charge in [-0.2, -0.15) is 6.07 Å². The van der Waals surface area contributed by atoms with Crippen molar-refractivity contribution in [2.75, 3.05) is 7.11 Å². The molecule has 3 rings (SSSR count). The van der Waals surface area contributed by atoms with Crippen LogP contribution >= 0.6 is 17.0 Å². The van der Waals surface area contributed by atoms with Crippen LogP contribution in [0.1, 0.15) is 31.9 Å². The van der Waals surface area contributed by atoms with Crippen molar-refractivity contribution in [3.8, 4) is 16.9 Å². The topological polar surface area (TPSA) is 9.23 Å². The van der Waals surface area contributed by atoms with Crippen LogP contribution in [0.2, 0.25) is 0 Å². The van der Waals surface area contributed by atoms with Gasteiger partial charge in [0.05, 0.1) is 7.11 Å². The molecule has 0 bridgehead atoms. The number of benzene rings is 2. The molecule has 0 atom stereocenters. The minimum absolute atomic E-state index is 0.0360. The van der Waals surface area contributed by atoms with Gasteiger partial charge in [-0.25, -0.2) is 0 Å². The molecule has 0 fully saturated rings. The third kappa shape index (κ3) is 4.73. The van der Waals surface area contributed by atoms with Gasteiger partial charge in [0.25, 0.3) is 0 Å². The van der Waals surface area contributed by atoms with Crippen molar-refractivity contribution in [2.45, 2.75) is 33.1 Å². The van der Waals surface area contributed by atoms with Gasteiger partial charge < -0.3 is 4.74 Å². The Balaban J connectivity index is 0.000000701. The summed E-state index contributed by atoms with van der Waals surface area (Å²) in [6, 6.07) is 17.3. The van der Waals surface area contributed by atoms with Crippen molar-refractivity contribution in [1.29, 1.82) is 0 Å². The van der Waals surface area contributed by atoms with Crippen molar-refractivity contribution < 1.29 is 25.6 Å². The molecule has 0 radical (unpaired) electrons. The Kier molecular flexibility index (Phi) is 7.26. The zero-order valence-corrected chi connectivity index (χ0v) is 19.3. The van der Waals surface area contributed by atoms with Crippen LogP contribution in [0.3, 0.4) is 0 Å². The van der Waals surface area contributed by atoms with Crippen molar-refractivity contribution in [2.24, 2.45) is 0 Å². The molecule has 0 spiro atoms. The third-order valence-corrected chi connectivity index (χ3v) is 4.18. The summed E-state index contributed by atoms with van der Waals surface area (Å²) < 4.78 is 5.87. The van der Waals surface area contributed by atoms with Gasteiger partial charge in [0.1, 0.15) is 5.75 Å². The number of ether oxygens (including phenoxy) is 1. The van der Waals surface area contributed by atoms with Gasteiger partial charge in [-0.05, 0) is 22.1 Å². The molecule has 0 saturated heterocycles. The fourth-order valence-electron chi connectivity index (χ4n) is 3.15. The van der Waals surface area contributed by atoms with Crippen LogP contribution < -0.4 is 4.74 Å². The van der Waals surface area contributed by atoms with Crippen LogP contribution in [0.15, 0.2) is 48.5 Å². The Morgan fingerprint density at radius 3 is 2.16 bits per heavy atom. The monoisotopic (exact) mass is 451 g/mol. The van der Waals surface area contributed by atoms with E-state index in [1.165, 1.54) is 33.0 Å². The maximum atomic E-state index is 5.87. The molecule has 0 aliphatic heterocycles. The summed E-state index contributed by atoms with van der Waals surface area (Å²) in [6.07, 6.45) is 0. The molecule has 132 valence electrons. The van der Waals surface area contributed by atoms with Crippen LogP contribution in [0.25, 0.3) is 21.9 Å². The first-order chi connectivity index (χ1) is 11.8. The summed E-state index contributed by atoms with van der Waals surface area (Å²) in [4.78, 5) is 0. The Hall–Kier alpha value is -0.687.